The lowest BCUT2D eigenvalue weighted by atomic mass is 10.1. The van der Waals surface area contributed by atoms with E-state index < -0.39 is 10.0 Å². The molecular weight excluding hydrogens is 368 g/mol. The summed E-state index contributed by atoms with van der Waals surface area (Å²) in [4.78, 5) is 0.168. The molecule has 1 saturated heterocycles. The Morgan fingerprint density at radius 2 is 1.93 bits per heavy atom. The highest BCUT2D eigenvalue weighted by Gasteiger charge is 2.34. The van der Waals surface area contributed by atoms with Crippen LogP contribution in [0.5, 0.6) is 5.88 Å². The number of nitrogens with zero attached hydrogens (tertiary/aromatic N) is 4. The van der Waals surface area contributed by atoms with E-state index in [0.717, 1.165) is 10.8 Å². The molecule has 3 heterocycles. The van der Waals surface area contributed by atoms with Gasteiger partial charge in [0.1, 0.15) is 16.7 Å². The largest absolute Gasteiger partial charge is 0.473 e. The van der Waals surface area contributed by atoms with Crippen LogP contribution in [0.4, 0.5) is 0 Å². The zero-order valence-corrected chi connectivity index (χ0v) is 15.9. The maximum Gasteiger partial charge on any atom is 0.248 e. The van der Waals surface area contributed by atoms with Gasteiger partial charge in [0.25, 0.3) is 0 Å². The van der Waals surface area contributed by atoms with Crippen molar-refractivity contribution in [2.45, 2.75) is 37.7 Å². The molecule has 1 aliphatic heterocycles. The number of sulfonamides is 1. The summed E-state index contributed by atoms with van der Waals surface area (Å²) in [7, 11) is -3.62. The first-order valence-corrected chi connectivity index (χ1v) is 10.2. The molecule has 0 radical (unpaired) electrons. The highest BCUT2D eigenvalue weighted by molar-refractivity contribution is 7.89. The molecule has 0 unspecified atom stereocenters. The molecule has 2 aromatic heterocycles. The predicted octanol–water partition coefficient (Wildman–Crippen LogP) is 2.47. The fraction of sp³-hybridized carbons (Fsp3) is 0.389. The van der Waals surface area contributed by atoms with Crippen molar-refractivity contribution >= 4 is 20.8 Å². The van der Waals surface area contributed by atoms with Crippen LogP contribution < -0.4 is 4.74 Å². The third kappa shape index (κ3) is 3.28. The van der Waals surface area contributed by atoms with E-state index in [-0.39, 0.29) is 11.0 Å². The molecule has 0 bridgehead atoms. The molecule has 9 heteroatoms. The van der Waals surface area contributed by atoms with E-state index in [4.69, 9.17) is 9.26 Å². The summed E-state index contributed by atoms with van der Waals surface area (Å²) in [6.45, 7) is 3.99. The number of hydrogen-bond acceptors (Lipinski definition) is 7. The maximum atomic E-state index is 12.9. The first-order valence-electron chi connectivity index (χ1n) is 8.77. The Labute approximate surface area is 157 Å². The molecule has 0 amide bonds. The van der Waals surface area contributed by atoms with Gasteiger partial charge in [-0.3, -0.25) is 0 Å². The maximum absolute atomic E-state index is 12.9. The Morgan fingerprint density at radius 1 is 1.19 bits per heavy atom. The lowest BCUT2D eigenvalue weighted by Crippen LogP contribution is -2.42. The van der Waals surface area contributed by atoms with Crippen LogP contribution in [0.2, 0.25) is 0 Å². The molecule has 0 spiro atoms. The van der Waals surface area contributed by atoms with Crippen molar-refractivity contribution in [2.24, 2.45) is 0 Å². The molecule has 8 nitrogen and oxygen atoms in total. The van der Waals surface area contributed by atoms with Gasteiger partial charge in [-0.25, -0.2) is 8.42 Å². The molecular formula is C18H20N4O4S. The van der Waals surface area contributed by atoms with Crippen molar-refractivity contribution in [2.75, 3.05) is 13.1 Å². The molecule has 0 saturated carbocycles. The number of hydrogen-bond donors (Lipinski definition) is 0. The minimum atomic E-state index is -3.62. The third-order valence-corrected chi connectivity index (χ3v) is 6.93. The summed E-state index contributed by atoms with van der Waals surface area (Å²) in [5.74, 6) is 0.803. The van der Waals surface area contributed by atoms with Crippen molar-refractivity contribution in [1.29, 1.82) is 0 Å². The Balaban J connectivity index is 1.48. The monoisotopic (exact) mass is 388 g/mol. The van der Waals surface area contributed by atoms with E-state index >= 15 is 0 Å². The Morgan fingerprint density at radius 3 is 2.63 bits per heavy atom. The minimum Gasteiger partial charge on any atom is -0.473 e. The van der Waals surface area contributed by atoms with Crippen LogP contribution in [0.3, 0.4) is 0 Å². The number of fused-ring (bicyclic) bond motifs is 1. The zero-order chi connectivity index (χ0) is 19.0. The minimum absolute atomic E-state index is 0.110. The van der Waals surface area contributed by atoms with Crippen LogP contribution in [0.25, 0.3) is 10.8 Å². The number of rotatable bonds is 4. The second-order valence-corrected chi connectivity index (χ2v) is 8.49. The van der Waals surface area contributed by atoms with Gasteiger partial charge in [-0.05, 0) is 32.8 Å². The summed E-state index contributed by atoms with van der Waals surface area (Å²) >= 11 is 0. The summed E-state index contributed by atoms with van der Waals surface area (Å²) in [5, 5.41) is 13.7. The molecule has 1 fully saturated rings. The van der Waals surface area contributed by atoms with E-state index in [9.17, 15) is 8.42 Å². The van der Waals surface area contributed by atoms with E-state index in [1.807, 2.05) is 24.3 Å². The van der Waals surface area contributed by atoms with Gasteiger partial charge in [0.05, 0.1) is 6.20 Å². The van der Waals surface area contributed by atoms with Gasteiger partial charge < -0.3 is 9.26 Å². The number of piperidine rings is 1. The van der Waals surface area contributed by atoms with Gasteiger partial charge in [-0.1, -0.05) is 23.4 Å². The lowest BCUT2D eigenvalue weighted by molar-refractivity contribution is 0.130. The van der Waals surface area contributed by atoms with Crippen molar-refractivity contribution in [1.82, 2.24) is 19.7 Å². The van der Waals surface area contributed by atoms with Gasteiger partial charge in [-0.2, -0.15) is 9.40 Å². The molecule has 1 aliphatic rings. The summed E-state index contributed by atoms with van der Waals surface area (Å²) in [6, 6.07) is 7.76. The number of aromatic nitrogens is 3. The molecule has 1 aromatic carbocycles. The third-order valence-electron chi connectivity index (χ3n) is 4.78. The normalized spacial score (nSPS) is 16.7. The molecule has 0 N–H and O–H groups in total. The van der Waals surface area contributed by atoms with Crippen molar-refractivity contribution < 1.29 is 17.7 Å². The van der Waals surface area contributed by atoms with Crippen LogP contribution in [-0.4, -0.2) is 47.3 Å². The highest BCUT2D eigenvalue weighted by Crippen LogP contribution is 2.28. The Bertz CT molecular complexity index is 1050. The molecule has 0 aliphatic carbocycles. The van der Waals surface area contributed by atoms with Gasteiger partial charge in [-0.15, -0.1) is 5.10 Å². The molecule has 4 rings (SSSR count). The smallest absolute Gasteiger partial charge is 0.248 e. The van der Waals surface area contributed by atoms with Crippen molar-refractivity contribution in [3.63, 3.8) is 0 Å². The number of aryl methyl sites for hydroxylation is 2. The van der Waals surface area contributed by atoms with E-state index in [0.29, 0.717) is 43.3 Å². The fourth-order valence-corrected chi connectivity index (χ4v) is 5.17. The summed E-state index contributed by atoms with van der Waals surface area (Å²) in [6.07, 6.45) is 2.74. The predicted molar refractivity (Wildman–Crippen MR) is 97.9 cm³/mol. The molecule has 142 valence electrons. The second kappa shape index (κ2) is 6.90. The van der Waals surface area contributed by atoms with Gasteiger partial charge in [0.15, 0.2) is 5.76 Å². The average Bonchev–Trinajstić information content (AvgIpc) is 3.01. The first kappa shape index (κ1) is 17.9. The molecule has 3 aromatic rings. The van der Waals surface area contributed by atoms with Gasteiger partial charge in [0.2, 0.25) is 15.9 Å². The summed E-state index contributed by atoms with van der Waals surface area (Å²) < 4.78 is 38.3. The van der Waals surface area contributed by atoms with Gasteiger partial charge in [0, 0.05) is 23.9 Å². The van der Waals surface area contributed by atoms with E-state index in [1.54, 1.807) is 20.0 Å². The van der Waals surface area contributed by atoms with Crippen LogP contribution in [0.15, 0.2) is 39.9 Å². The standard InChI is InChI=1S/C18H20N4O4S/c1-12-17(13(2)26-21-12)27(23,24)22-9-7-15(8-10-22)25-18-16-6-4-3-5-14(16)11-19-20-18/h3-6,11,15H,7-10H2,1-2H3. The van der Waals surface area contributed by atoms with Crippen molar-refractivity contribution in [3.05, 3.63) is 41.9 Å². The van der Waals surface area contributed by atoms with Crippen LogP contribution in [0, 0.1) is 13.8 Å². The van der Waals surface area contributed by atoms with Gasteiger partial charge >= 0.3 is 0 Å². The van der Waals surface area contributed by atoms with E-state index in [1.165, 1.54) is 4.31 Å². The Hall–Kier alpha value is -2.52. The first-order chi connectivity index (χ1) is 13.0. The molecule has 0 atom stereocenters. The SMILES string of the molecule is Cc1noc(C)c1S(=O)(=O)N1CCC(Oc2nncc3ccccc23)CC1. The van der Waals surface area contributed by atoms with Crippen LogP contribution in [0.1, 0.15) is 24.3 Å². The summed E-state index contributed by atoms with van der Waals surface area (Å²) in [5.41, 5.74) is 0.386. The quantitative estimate of drug-likeness (QED) is 0.677. The number of ether oxygens (including phenoxy) is 1. The average molecular weight is 388 g/mol. The zero-order valence-electron chi connectivity index (χ0n) is 15.1. The Kier molecular flexibility index (Phi) is 4.56. The van der Waals surface area contributed by atoms with Crippen molar-refractivity contribution in [3.8, 4) is 5.88 Å². The van der Waals surface area contributed by atoms with E-state index in [2.05, 4.69) is 15.4 Å². The van der Waals surface area contributed by atoms with Crippen LogP contribution >= 0.6 is 0 Å². The topological polar surface area (TPSA) is 98.4 Å². The van der Waals surface area contributed by atoms with Crippen LogP contribution in [-0.2, 0) is 10.0 Å². The second-order valence-electron chi connectivity index (χ2n) is 6.61. The fourth-order valence-electron chi connectivity index (χ4n) is 3.41. The lowest BCUT2D eigenvalue weighted by Gasteiger charge is -2.31. The highest BCUT2D eigenvalue weighted by atomic mass is 32.2. The number of benzene rings is 1. The molecule has 27 heavy (non-hydrogen) atoms.